The van der Waals surface area contributed by atoms with Crippen LogP contribution in [0.3, 0.4) is 0 Å². The summed E-state index contributed by atoms with van der Waals surface area (Å²) in [5, 5.41) is 10.3. The molecule has 1 aliphatic rings. The van der Waals surface area contributed by atoms with Gasteiger partial charge in [-0.15, -0.1) is 0 Å². The van der Waals surface area contributed by atoms with Gasteiger partial charge < -0.3 is 10.0 Å². The Balaban J connectivity index is 1.98. The van der Waals surface area contributed by atoms with Crippen molar-refractivity contribution in [1.29, 1.82) is 0 Å². The first-order chi connectivity index (χ1) is 9.90. The molecule has 0 saturated carbocycles. The van der Waals surface area contributed by atoms with Crippen LogP contribution in [0.1, 0.15) is 37.9 Å². The number of benzene rings is 1. The Kier molecular flexibility index (Phi) is 5.41. The normalized spacial score (nSPS) is 22.1. The van der Waals surface area contributed by atoms with Gasteiger partial charge in [0.1, 0.15) is 0 Å². The van der Waals surface area contributed by atoms with Crippen molar-refractivity contribution in [2.45, 2.75) is 37.2 Å². The van der Waals surface area contributed by atoms with E-state index in [0.717, 1.165) is 24.6 Å². The summed E-state index contributed by atoms with van der Waals surface area (Å²) in [6.45, 7) is 4.92. The van der Waals surface area contributed by atoms with Crippen molar-refractivity contribution < 1.29 is 13.5 Å². The molecule has 0 spiro atoms. The van der Waals surface area contributed by atoms with Gasteiger partial charge in [0.2, 0.25) is 0 Å². The van der Waals surface area contributed by atoms with Crippen LogP contribution in [0.5, 0.6) is 0 Å². The van der Waals surface area contributed by atoms with E-state index in [0.29, 0.717) is 11.4 Å². The molecule has 0 bridgehead atoms. The zero-order valence-electron chi connectivity index (χ0n) is 12.8. The number of likely N-dealkylation sites (tertiary alicyclic amines) is 1. The summed E-state index contributed by atoms with van der Waals surface area (Å²) in [5.74, 6) is 0.735. The SMILES string of the molecule is CCC1CCCN(CC(O)c2ccc(S(C)(=O)=O)cc2)C1. The second-order valence-electron chi connectivity index (χ2n) is 6.03. The van der Waals surface area contributed by atoms with Crippen molar-refractivity contribution in [3.05, 3.63) is 29.8 Å². The monoisotopic (exact) mass is 311 g/mol. The van der Waals surface area contributed by atoms with Crippen LogP contribution < -0.4 is 0 Å². The van der Waals surface area contributed by atoms with Crippen LogP contribution in [0.2, 0.25) is 0 Å². The van der Waals surface area contributed by atoms with E-state index in [4.69, 9.17) is 0 Å². The van der Waals surface area contributed by atoms with Crippen molar-refractivity contribution in [2.24, 2.45) is 5.92 Å². The second-order valence-corrected chi connectivity index (χ2v) is 8.05. The van der Waals surface area contributed by atoms with Gasteiger partial charge in [-0.2, -0.15) is 0 Å². The molecule has 0 amide bonds. The minimum atomic E-state index is -3.18. The second kappa shape index (κ2) is 6.90. The van der Waals surface area contributed by atoms with Gasteiger partial charge >= 0.3 is 0 Å². The number of aliphatic hydroxyl groups excluding tert-OH is 1. The maximum Gasteiger partial charge on any atom is 0.175 e. The first-order valence-electron chi connectivity index (χ1n) is 7.60. The van der Waals surface area contributed by atoms with Gasteiger partial charge in [0.05, 0.1) is 11.0 Å². The molecule has 1 saturated heterocycles. The number of nitrogens with zero attached hydrogens (tertiary/aromatic N) is 1. The van der Waals surface area contributed by atoms with Crippen molar-refractivity contribution in [3.63, 3.8) is 0 Å². The molecule has 0 aromatic heterocycles. The van der Waals surface area contributed by atoms with Crippen LogP contribution in [0.4, 0.5) is 0 Å². The van der Waals surface area contributed by atoms with Gasteiger partial charge in [0.15, 0.2) is 9.84 Å². The number of rotatable bonds is 5. The third-order valence-electron chi connectivity index (χ3n) is 4.30. The smallest absolute Gasteiger partial charge is 0.175 e. The van der Waals surface area contributed by atoms with Gasteiger partial charge in [0.25, 0.3) is 0 Å². The molecule has 4 nitrogen and oxygen atoms in total. The molecule has 1 heterocycles. The molecule has 5 heteroatoms. The van der Waals surface area contributed by atoms with E-state index in [1.54, 1.807) is 24.3 Å². The molecule has 1 aromatic carbocycles. The molecule has 2 rings (SSSR count). The molecule has 1 aliphatic heterocycles. The predicted molar refractivity (Wildman–Crippen MR) is 84.0 cm³/mol. The van der Waals surface area contributed by atoms with E-state index in [1.165, 1.54) is 25.5 Å². The summed E-state index contributed by atoms with van der Waals surface area (Å²) in [4.78, 5) is 2.61. The fraction of sp³-hybridized carbons (Fsp3) is 0.625. The first kappa shape index (κ1) is 16.5. The molecule has 118 valence electrons. The van der Waals surface area contributed by atoms with Crippen molar-refractivity contribution >= 4 is 9.84 Å². The molecule has 0 aliphatic carbocycles. The fourth-order valence-electron chi connectivity index (χ4n) is 2.94. The Morgan fingerprint density at radius 2 is 2.00 bits per heavy atom. The van der Waals surface area contributed by atoms with Crippen molar-refractivity contribution in [1.82, 2.24) is 4.90 Å². The lowest BCUT2D eigenvalue weighted by molar-refractivity contribution is 0.0836. The largest absolute Gasteiger partial charge is 0.387 e. The third-order valence-corrected chi connectivity index (χ3v) is 5.43. The van der Waals surface area contributed by atoms with Crippen LogP contribution in [-0.4, -0.2) is 44.3 Å². The lowest BCUT2D eigenvalue weighted by Crippen LogP contribution is -2.37. The summed E-state index contributed by atoms with van der Waals surface area (Å²) in [6.07, 6.45) is 4.30. The van der Waals surface area contributed by atoms with Crippen LogP contribution >= 0.6 is 0 Å². The summed E-state index contributed by atoms with van der Waals surface area (Å²) < 4.78 is 22.9. The van der Waals surface area contributed by atoms with E-state index in [-0.39, 0.29) is 0 Å². The Bertz CT molecular complexity index is 553. The Morgan fingerprint density at radius 3 is 2.57 bits per heavy atom. The van der Waals surface area contributed by atoms with E-state index in [9.17, 15) is 13.5 Å². The van der Waals surface area contributed by atoms with Crippen LogP contribution in [0.15, 0.2) is 29.2 Å². The number of sulfone groups is 1. The van der Waals surface area contributed by atoms with Crippen molar-refractivity contribution in [2.75, 3.05) is 25.9 Å². The van der Waals surface area contributed by atoms with Gasteiger partial charge in [-0.25, -0.2) is 8.42 Å². The molecular weight excluding hydrogens is 286 g/mol. The molecule has 0 radical (unpaired) electrons. The van der Waals surface area contributed by atoms with E-state index in [1.807, 2.05) is 0 Å². The Morgan fingerprint density at radius 1 is 1.33 bits per heavy atom. The standard InChI is InChI=1S/C16H25NO3S/c1-3-13-5-4-10-17(11-13)12-16(18)14-6-8-15(9-7-14)21(2,19)20/h6-9,13,16,18H,3-5,10-12H2,1-2H3. The zero-order chi connectivity index (χ0) is 15.5. The molecule has 2 unspecified atom stereocenters. The summed E-state index contributed by atoms with van der Waals surface area (Å²) >= 11 is 0. The summed E-state index contributed by atoms with van der Waals surface area (Å²) in [5.41, 5.74) is 0.779. The quantitative estimate of drug-likeness (QED) is 0.906. The first-order valence-corrected chi connectivity index (χ1v) is 9.49. The Hall–Kier alpha value is -0.910. The minimum Gasteiger partial charge on any atom is -0.387 e. The van der Waals surface area contributed by atoms with Gasteiger partial charge in [-0.1, -0.05) is 25.5 Å². The van der Waals surface area contributed by atoms with Gasteiger partial charge in [0, 0.05) is 19.3 Å². The van der Waals surface area contributed by atoms with E-state index >= 15 is 0 Å². The average molecular weight is 311 g/mol. The number of aliphatic hydroxyl groups is 1. The number of piperidine rings is 1. The topological polar surface area (TPSA) is 57.6 Å². The fourth-order valence-corrected chi connectivity index (χ4v) is 3.57. The molecule has 2 atom stereocenters. The predicted octanol–water partition coefficient (Wildman–Crippen LogP) is 2.25. The van der Waals surface area contributed by atoms with Crippen LogP contribution in [-0.2, 0) is 9.84 Å². The van der Waals surface area contributed by atoms with Crippen molar-refractivity contribution in [3.8, 4) is 0 Å². The maximum absolute atomic E-state index is 11.4. The zero-order valence-corrected chi connectivity index (χ0v) is 13.6. The highest BCUT2D eigenvalue weighted by atomic mass is 32.2. The highest BCUT2D eigenvalue weighted by Gasteiger charge is 2.21. The molecule has 21 heavy (non-hydrogen) atoms. The summed E-state index contributed by atoms with van der Waals surface area (Å²) in [7, 11) is -3.18. The molecule has 1 fully saturated rings. The van der Waals surface area contributed by atoms with Crippen LogP contribution in [0.25, 0.3) is 0 Å². The lowest BCUT2D eigenvalue weighted by Gasteiger charge is -2.33. The third kappa shape index (κ3) is 4.53. The number of hydrogen-bond donors (Lipinski definition) is 1. The van der Waals surface area contributed by atoms with Gasteiger partial charge in [-0.3, -0.25) is 0 Å². The highest BCUT2D eigenvalue weighted by Crippen LogP contribution is 2.23. The van der Waals surface area contributed by atoms with E-state index in [2.05, 4.69) is 11.8 Å². The minimum absolute atomic E-state index is 0.294. The molecule has 1 aromatic rings. The Labute approximate surface area is 127 Å². The van der Waals surface area contributed by atoms with Crippen LogP contribution in [0, 0.1) is 5.92 Å². The maximum atomic E-state index is 11.4. The van der Waals surface area contributed by atoms with Gasteiger partial charge in [-0.05, 0) is 43.0 Å². The molecule has 1 N–H and O–H groups in total. The highest BCUT2D eigenvalue weighted by molar-refractivity contribution is 7.90. The molecular formula is C16H25NO3S. The lowest BCUT2D eigenvalue weighted by atomic mass is 9.95. The van der Waals surface area contributed by atoms with E-state index < -0.39 is 15.9 Å². The number of β-amino-alcohol motifs (C(OH)–C–C–N with tert-alkyl or cyclic N) is 1. The summed E-state index contributed by atoms with van der Waals surface area (Å²) in [6, 6.07) is 6.56. The average Bonchev–Trinajstić information content (AvgIpc) is 2.46. The number of hydrogen-bond acceptors (Lipinski definition) is 4.